The van der Waals surface area contributed by atoms with Gasteiger partial charge >= 0.3 is 0 Å². The average molecular weight is 413 g/mol. The number of morpholine rings is 1. The van der Waals surface area contributed by atoms with E-state index in [9.17, 15) is 4.79 Å². The molecule has 1 aromatic heterocycles. The van der Waals surface area contributed by atoms with Crippen LogP contribution in [0.5, 0.6) is 0 Å². The minimum Gasteiger partial charge on any atom is -0.399 e. The zero-order valence-electron chi connectivity index (χ0n) is 15.1. The van der Waals surface area contributed by atoms with Crippen LogP contribution in [0, 0.1) is 0 Å². The summed E-state index contributed by atoms with van der Waals surface area (Å²) in [6.07, 6.45) is 2.84. The van der Waals surface area contributed by atoms with Gasteiger partial charge in [0.05, 0.1) is 13.2 Å². The van der Waals surface area contributed by atoms with Crippen LogP contribution in [0.25, 0.3) is 0 Å². The molecule has 1 fully saturated rings. The van der Waals surface area contributed by atoms with Gasteiger partial charge in [-0.15, -0.1) is 24.8 Å². The molecular weight excluding hydrogens is 387 g/mol. The second kappa shape index (κ2) is 11.6. The van der Waals surface area contributed by atoms with Gasteiger partial charge < -0.3 is 20.7 Å². The van der Waals surface area contributed by atoms with Gasteiger partial charge in [-0.05, 0) is 24.1 Å². The molecule has 0 radical (unpaired) electrons. The molecule has 148 valence electrons. The molecule has 1 aromatic carbocycles. The molecule has 1 amide bonds. The third kappa shape index (κ3) is 6.57. The van der Waals surface area contributed by atoms with Crippen molar-refractivity contribution in [1.29, 1.82) is 0 Å². The monoisotopic (exact) mass is 412 g/mol. The average Bonchev–Trinajstić information content (AvgIpc) is 2.66. The van der Waals surface area contributed by atoms with E-state index in [1.807, 2.05) is 36.4 Å². The topological polar surface area (TPSA) is 80.5 Å². The largest absolute Gasteiger partial charge is 0.399 e. The molecule has 8 heteroatoms. The van der Waals surface area contributed by atoms with Crippen LogP contribution in [0.4, 0.5) is 11.5 Å². The van der Waals surface area contributed by atoms with Crippen molar-refractivity contribution < 1.29 is 9.53 Å². The lowest BCUT2D eigenvalue weighted by Crippen LogP contribution is -2.37. The molecular formula is C19H26Cl2N4O2. The van der Waals surface area contributed by atoms with Crippen LogP contribution in [-0.4, -0.2) is 37.2 Å². The van der Waals surface area contributed by atoms with E-state index >= 15 is 0 Å². The van der Waals surface area contributed by atoms with Crippen LogP contribution in [0.3, 0.4) is 0 Å². The number of halogens is 2. The Morgan fingerprint density at radius 2 is 1.81 bits per heavy atom. The summed E-state index contributed by atoms with van der Waals surface area (Å²) in [5, 5.41) is 2.99. The minimum atomic E-state index is 0. The van der Waals surface area contributed by atoms with Gasteiger partial charge in [0.25, 0.3) is 0 Å². The Morgan fingerprint density at radius 1 is 1.11 bits per heavy atom. The minimum absolute atomic E-state index is 0. The fourth-order valence-electron chi connectivity index (χ4n) is 2.92. The van der Waals surface area contributed by atoms with E-state index < -0.39 is 0 Å². The maximum atomic E-state index is 12.2. The second-order valence-electron chi connectivity index (χ2n) is 6.06. The Labute approximate surface area is 172 Å². The lowest BCUT2D eigenvalue weighted by Gasteiger charge is -2.29. The number of hydrogen-bond donors (Lipinski definition) is 2. The van der Waals surface area contributed by atoms with Crippen molar-refractivity contribution in [1.82, 2.24) is 10.3 Å². The maximum absolute atomic E-state index is 12.2. The number of nitrogens with two attached hydrogens (primary N) is 1. The zero-order chi connectivity index (χ0) is 17.5. The Balaban J connectivity index is 0.00000182. The number of para-hydroxylation sites is 1. The van der Waals surface area contributed by atoms with Gasteiger partial charge in [0.1, 0.15) is 5.82 Å². The number of aryl methyl sites for hydroxylation is 1. The number of carbonyl (C=O) groups excluding carboxylic acids is 1. The summed E-state index contributed by atoms with van der Waals surface area (Å²) < 4.78 is 5.39. The summed E-state index contributed by atoms with van der Waals surface area (Å²) in [6.45, 7) is 3.54. The Bertz CT molecular complexity index is 724. The van der Waals surface area contributed by atoms with E-state index in [2.05, 4.69) is 15.2 Å². The van der Waals surface area contributed by atoms with Crippen LogP contribution in [0.15, 0.2) is 42.6 Å². The quantitative estimate of drug-likeness (QED) is 0.712. The van der Waals surface area contributed by atoms with Crippen LogP contribution in [-0.2, 0) is 22.5 Å². The van der Waals surface area contributed by atoms with Crippen molar-refractivity contribution in [2.24, 2.45) is 0 Å². The molecule has 1 aliphatic rings. The van der Waals surface area contributed by atoms with Gasteiger partial charge in [-0.25, -0.2) is 4.98 Å². The van der Waals surface area contributed by atoms with Gasteiger partial charge in [0.15, 0.2) is 0 Å². The molecule has 1 aliphatic heterocycles. The van der Waals surface area contributed by atoms with Crippen molar-refractivity contribution in [3.8, 4) is 0 Å². The standard InChI is InChI=1S/C19H24N4O2.2ClH/c20-17-6-2-1-4-15(17)7-8-18(24)22-14-16-5-3-9-21-19(16)23-10-12-25-13-11-23;;/h1-6,9H,7-8,10-14,20H2,(H,22,24);2*1H. The fourth-order valence-corrected chi connectivity index (χ4v) is 2.92. The molecule has 0 aliphatic carbocycles. The molecule has 2 aromatic rings. The smallest absolute Gasteiger partial charge is 0.220 e. The van der Waals surface area contributed by atoms with Crippen LogP contribution in [0.1, 0.15) is 17.5 Å². The highest BCUT2D eigenvalue weighted by molar-refractivity contribution is 5.85. The van der Waals surface area contributed by atoms with Gasteiger partial charge in [0.2, 0.25) is 5.91 Å². The van der Waals surface area contributed by atoms with E-state index in [4.69, 9.17) is 10.5 Å². The van der Waals surface area contributed by atoms with Crippen molar-refractivity contribution >= 4 is 42.2 Å². The van der Waals surface area contributed by atoms with Crippen molar-refractivity contribution in [3.63, 3.8) is 0 Å². The number of carbonyl (C=O) groups is 1. The zero-order valence-corrected chi connectivity index (χ0v) is 16.7. The van der Waals surface area contributed by atoms with E-state index in [1.165, 1.54) is 0 Å². The Kier molecular flexibility index (Phi) is 9.93. The number of nitrogens with zero attached hydrogens (tertiary/aromatic N) is 2. The molecule has 0 saturated carbocycles. The van der Waals surface area contributed by atoms with Gasteiger partial charge in [0, 0.05) is 43.5 Å². The molecule has 0 atom stereocenters. The first kappa shape index (κ1) is 23.0. The number of aromatic nitrogens is 1. The SMILES string of the molecule is Cl.Cl.Nc1ccccc1CCC(=O)NCc1cccnc1N1CCOCC1. The van der Waals surface area contributed by atoms with E-state index in [-0.39, 0.29) is 30.7 Å². The molecule has 0 unspecified atom stereocenters. The third-order valence-electron chi connectivity index (χ3n) is 4.33. The van der Waals surface area contributed by atoms with E-state index in [0.29, 0.717) is 32.6 Å². The summed E-state index contributed by atoms with van der Waals surface area (Å²) in [4.78, 5) is 18.9. The summed E-state index contributed by atoms with van der Waals surface area (Å²) in [7, 11) is 0. The number of hydrogen-bond acceptors (Lipinski definition) is 5. The number of pyridine rings is 1. The number of nitrogen functional groups attached to an aromatic ring is 1. The summed E-state index contributed by atoms with van der Waals surface area (Å²) in [6, 6.07) is 11.6. The van der Waals surface area contributed by atoms with Crippen LogP contribution >= 0.6 is 24.8 Å². The molecule has 6 nitrogen and oxygen atoms in total. The second-order valence-corrected chi connectivity index (χ2v) is 6.06. The predicted octanol–water partition coefficient (Wildman–Crippen LogP) is 2.59. The molecule has 2 heterocycles. The number of ether oxygens (including phenoxy) is 1. The molecule has 1 saturated heterocycles. The molecule has 27 heavy (non-hydrogen) atoms. The fraction of sp³-hybridized carbons (Fsp3) is 0.368. The number of amides is 1. The molecule has 0 bridgehead atoms. The number of nitrogens with one attached hydrogen (secondary N) is 1. The first-order valence-corrected chi connectivity index (χ1v) is 8.60. The number of anilines is 2. The van der Waals surface area contributed by atoms with Gasteiger partial charge in [-0.2, -0.15) is 0 Å². The highest BCUT2D eigenvalue weighted by Crippen LogP contribution is 2.18. The molecule has 3 rings (SSSR count). The van der Waals surface area contributed by atoms with Crippen molar-refractivity contribution in [2.75, 3.05) is 36.9 Å². The summed E-state index contributed by atoms with van der Waals surface area (Å²) in [5.74, 6) is 0.943. The maximum Gasteiger partial charge on any atom is 0.220 e. The Morgan fingerprint density at radius 3 is 2.56 bits per heavy atom. The predicted molar refractivity (Wildman–Crippen MR) is 113 cm³/mol. The van der Waals surface area contributed by atoms with Crippen LogP contribution in [0.2, 0.25) is 0 Å². The van der Waals surface area contributed by atoms with Crippen molar-refractivity contribution in [2.45, 2.75) is 19.4 Å². The lowest BCUT2D eigenvalue weighted by molar-refractivity contribution is -0.121. The highest BCUT2D eigenvalue weighted by atomic mass is 35.5. The lowest BCUT2D eigenvalue weighted by atomic mass is 10.1. The van der Waals surface area contributed by atoms with Gasteiger partial charge in [-0.1, -0.05) is 24.3 Å². The number of rotatable bonds is 6. The normalized spacial score (nSPS) is 13.3. The highest BCUT2D eigenvalue weighted by Gasteiger charge is 2.16. The molecule has 3 N–H and O–H groups in total. The van der Waals surface area contributed by atoms with Gasteiger partial charge in [-0.3, -0.25) is 4.79 Å². The summed E-state index contributed by atoms with van der Waals surface area (Å²) in [5.41, 5.74) is 8.68. The Hall–Kier alpha value is -2.02. The van der Waals surface area contributed by atoms with E-state index in [1.54, 1.807) is 6.20 Å². The number of benzene rings is 1. The third-order valence-corrected chi connectivity index (χ3v) is 4.33. The van der Waals surface area contributed by atoms with Crippen molar-refractivity contribution in [3.05, 3.63) is 53.7 Å². The molecule has 0 spiro atoms. The first-order valence-electron chi connectivity index (χ1n) is 8.60. The van der Waals surface area contributed by atoms with E-state index in [0.717, 1.165) is 35.7 Å². The summed E-state index contributed by atoms with van der Waals surface area (Å²) >= 11 is 0. The first-order chi connectivity index (χ1) is 12.2. The van der Waals surface area contributed by atoms with Crippen LogP contribution < -0.4 is 16.0 Å².